The highest BCUT2D eigenvalue weighted by Gasteiger charge is 2.21. The average molecular weight is 599 g/mol. The van der Waals surface area contributed by atoms with Crippen molar-refractivity contribution in [3.63, 3.8) is 0 Å². The number of fused-ring (bicyclic) bond motifs is 4. The van der Waals surface area contributed by atoms with Gasteiger partial charge in [-0.15, -0.1) is 0 Å². The first kappa shape index (κ1) is 29.9. The fraction of sp³-hybridized carbons (Fsp3) is 0.231. The molecule has 0 saturated heterocycles. The van der Waals surface area contributed by atoms with Crippen LogP contribution in [0.25, 0.3) is 11.3 Å². The number of nitrogens with zero attached hydrogens (tertiary/aromatic N) is 2. The molecule has 4 aromatic carbocycles. The molecule has 0 bridgehead atoms. The van der Waals surface area contributed by atoms with Crippen LogP contribution < -0.4 is 15.0 Å². The number of ether oxygens (including phenoxy) is 2. The largest absolute Gasteiger partial charge is 0.507 e. The average Bonchev–Trinajstić information content (AvgIpc) is 3.09. The summed E-state index contributed by atoms with van der Waals surface area (Å²) in [4.78, 5) is 16.7. The van der Waals surface area contributed by atoms with E-state index in [0.717, 1.165) is 65.3 Å². The summed E-state index contributed by atoms with van der Waals surface area (Å²) in [6.45, 7) is 6.66. The van der Waals surface area contributed by atoms with Gasteiger partial charge in [0.25, 0.3) is 5.56 Å². The monoisotopic (exact) mass is 598 g/mol. The van der Waals surface area contributed by atoms with Gasteiger partial charge < -0.3 is 19.1 Å². The fourth-order valence-corrected chi connectivity index (χ4v) is 5.97. The molecule has 3 heterocycles. The fourth-order valence-electron chi connectivity index (χ4n) is 5.97. The van der Waals surface area contributed by atoms with Crippen LogP contribution in [0.5, 0.6) is 17.2 Å². The molecule has 45 heavy (non-hydrogen) atoms. The number of pyridine rings is 1. The summed E-state index contributed by atoms with van der Waals surface area (Å²) in [5.74, 6) is 1.81. The van der Waals surface area contributed by atoms with Gasteiger partial charge in [-0.05, 0) is 90.4 Å². The highest BCUT2D eigenvalue weighted by atomic mass is 16.5. The van der Waals surface area contributed by atoms with Crippen molar-refractivity contribution in [3.8, 4) is 28.5 Å². The van der Waals surface area contributed by atoms with E-state index in [2.05, 4.69) is 42.2 Å². The van der Waals surface area contributed by atoms with Gasteiger partial charge in [0.1, 0.15) is 30.5 Å². The first-order valence-electron chi connectivity index (χ1n) is 15.6. The maximum Gasteiger partial charge on any atom is 0.254 e. The lowest BCUT2D eigenvalue weighted by molar-refractivity contribution is 0.306. The highest BCUT2D eigenvalue weighted by Crippen LogP contribution is 2.35. The molecular formula is C39H38N2O4. The van der Waals surface area contributed by atoms with E-state index in [-0.39, 0.29) is 11.3 Å². The minimum atomic E-state index is -0.159. The van der Waals surface area contributed by atoms with E-state index >= 15 is 0 Å². The Kier molecular flexibility index (Phi) is 9.11. The van der Waals surface area contributed by atoms with Gasteiger partial charge in [-0.1, -0.05) is 67.6 Å². The molecule has 0 fully saturated rings. The Bertz CT molecular complexity index is 1880. The third-order valence-corrected chi connectivity index (χ3v) is 8.38. The second-order valence-corrected chi connectivity index (χ2v) is 11.4. The van der Waals surface area contributed by atoms with Gasteiger partial charge in [0.05, 0.1) is 5.69 Å². The zero-order valence-corrected chi connectivity index (χ0v) is 25.8. The second-order valence-electron chi connectivity index (χ2n) is 11.4. The van der Waals surface area contributed by atoms with Crippen molar-refractivity contribution in [1.29, 1.82) is 0 Å². The van der Waals surface area contributed by atoms with E-state index in [1.165, 1.54) is 28.5 Å². The Morgan fingerprint density at radius 1 is 0.756 bits per heavy atom. The predicted octanol–water partition coefficient (Wildman–Crippen LogP) is 7.69. The zero-order chi connectivity index (χ0) is 31.2. The van der Waals surface area contributed by atoms with Crippen LogP contribution in [0.4, 0.5) is 0 Å². The van der Waals surface area contributed by atoms with Crippen molar-refractivity contribution in [2.75, 3.05) is 6.54 Å². The molecule has 228 valence electrons. The van der Waals surface area contributed by atoms with Gasteiger partial charge in [-0.3, -0.25) is 9.79 Å². The number of aliphatic imine (C=N–C) groups is 1. The second kappa shape index (κ2) is 13.7. The third-order valence-electron chi connectivity index (χ3n) is 8.38. The Morgan fingerprint density at radius 3 is 1.93 bits per heavy atom. The Hall–Kier alpha value is -5.10. The summed E-state index contributed by atoms with van der Waals surface area (Å²) < 4.78 is 13.5. The molecule has 0 unspecified atom stereocenters. The van der Waals surface area contributed by atoms with Crippen LogP contribution in [0, 0.1) is 6.92 Å². The summed E-state index contributed by atoms with van der Waals surface area (Å²) in [5, 5.41) is 10.0. The zero-order valence-electron chi connectivity index (χ0n) is 25.8. The molecule has 5 aromatic rings. The van der Waals surface area contributed by atoms with Crippen molar-refractivity contribution in [2.24, 2.45) is 4.99 Å². The maximum atomic E-state index is 12.2. The Labute approximate surface area is 264 Å². The standard InChI is InChI=1S/C21H19NO3.C18H19NO/c1-14-19(23)12-20(24)22-10-9-16-11-17(7-8-18(16)21(14)22)25-13-15-5-3-2-4-6-15;1-2-18-17-9-8-16(12-15(17)10-11-19-18)20-13-14-6-4-3-5-7-14/h2-8,11-12,23H,9-10,13H2,1H3;3-9,12H,2,10-11,13H2,1H3. The van der Waals surface area contributed by atoms with Crippen LogP contribution in [0.1, 0.15) is 46.7 Å². The molecule has 7 rings (SSSR count). The molecule has 0 radical (unpaired) electrons. The van der Waals surface area contributed by atoms with Crippen LogP contribution in [-0.2, 0) is 32.6 Å². The molecule has 0 amide bonds. The Morgan fingerprint density at radius 2 is 1.33 bits per heavy atom. The Balaban J connectivity index is 0.000000163. The first-order valence-corrected chi connectivity index (χ1v) is 15.6. The number of hydrogen-bond acceptors (Lipinski definition) is 5. The van der Waals surface area contributed by atoms with Gasteiger partial charge in [0, 0.05) is 36.0 Å². The van der Waals surface area contributed by atoms with Crippen molar-refractivity contribution in [2.45, 2.75) is 52.9 Å². The molecule has 1 aromatic heterocycles. The van der Waals surface area contributed by atoms with Gasteiger partial charge >= 0.3 is 0 Å². The van der Waals surface area contributed by atoms with Gasteiger partial charge in [0.2, 0.25) is 0 Å². The lowest BCUT2D eigenvalue weighted by Crippen LogP contribution is -2.26. The van der Waals surface area contributed by atoms with E-state index in [1.54, 1.807) is 4.57 Å². The molecule has 2 aliphatic heterocycles. The van der Waals surface area contributed by atoms with Crippen LogP contribution in [0.3, 0.4) is 0 Å². The summed E-state index contributed by atoms with van der Waals surface area (Å²) in [7, 11) is 0. The molecule has 0 atom stereocenters. The molecule has 0 saturated carbocycles. The smallest absolute Gasteiger partial charge is 0.254 e. The summed E-state index contributed by atoms with van der Waals surface area (Å²) in [6.07, 6.45) is 2.79. The summed E-state index contributed by atoms with van der Waals surface area (Å²) >= 11 is 0. The number of rotatable bonds is 7. The van der Waals surface area contributed by atoms with Crippen molar-refractivity contribution < 1.29 is 14.6 Å². The lowest BCUT2D eigenvalue weighted by Gasteiger charge is -2.24. The molecule has 6 heteroatoms. The van der Waals surface area contributed by atoms with Crippen molar-refractivity contribution >= 4 is 5.71 Å². The van der Waals surface area contributed by atoms with Crippen molar-refractivity contribution in [1.82, 2.24) is 4.57 Å². The highest BCUT2D eigenvalue weighted by molar-refractivity contribution is 6.02. The quantitative estimate of drug-likeness (QED) is 0.209. The van der Waals surface area contributed by atoms with Crippen LogP contribution >= 0.6 is 0 Å². The molecule has 2 aliphatic rings. The summed E-state index contributed by atoms with van der Waals surface area (Å²) in [5.41, 5.74) is 9.71. The van der Waals surface area contributed by atoms with Gasteiger partial charge in [-0.25, -0.2) is 0 Å². The van der Waals surface area contributed by atoms with E-state index in [9.17, 15) is 9.90 Å². The van der Waals surface area contributed by atoms with Crippen molar-refractivity contribution in [3.05, 3.63) is 147 Å². The first-order chi connectivity index (χ1) is 22.0. The van der Waals surface area contributed by atoms with E-state index in [4.69, 9.17) is 9.47 Å². The summed E-state index contributed by atoms with van der Waals surface area (Å²) in [6, 6.07) is 33.9. The predicted molar refractivity (Wildman–Crippen MR) is 180 cm³/mol. The van der Waals surface area contributed by atoms with Crippen LogP contribution in [0.15, 0.2) is 113 Å². The minimum Gasteiger partial charge on any atom is -0.507 e. The number of hydrogen-bond donors (Lipinski definition) is 1. The van der Waals surface area contributed by atoms with Gasteiger partial charge in [-0.2, -0.15) is 0 Å². The number of aromatic hydroxyl groups is 1. The lowest BCUT2D eigenvalue weighted by atomic mass is 9.94. The van der Waals surface area contributed by atoms with E-state index in [0.29, 0.717) is 19.8 Å². The number of aromatic nitrogens is 1. The number of aryl methyl sites for hydroxylation is 1. The molecular weight excluding hydrogens is 560 g/mol. The van der Waals surface area contributed by atoms with Crippen LogP contribution in [-0.4, -0.2) is 21.9 Å². The van der Waals surface area contributed by atoms with E-state index < -0.39 is 0 Å². The van der Waals surface area contributed by atoms with Crippen LogP contribution in [0.2, 0.25) is 0 Å². The molecule has 0 aliphatic carbocycles. The van der Waals surface area contributed by atoms with Gasteiger partial charge in [0.15, 0.2) is 0 Å². The van der Waals surface area contributed by atoms with E-state index in [1.807, 2.05) is 73.7 Å². The minimum absolute atomic E-state index is 0.0495. The SMILES string of the molecule is CCC1=NCCc2cc(OCc3ccccc3)ccc21.Cc1c(O)cc(=O)n2c1-c1ccc(OCc3ccccc3)cc1CC2. The molecule has 0 spiro atoms. The third kappa shape index (κ3) is 6.86. The topological polar surface area (TPSA) is 73.0 Å². The number of benzene rings is 4. The molecule has 1 N–H and O–H groups in total. The normalized spacial score (nSPS) is 12.9. The molecule has 6 nitrogen and oxygen atoms in total. The maximum absolute atomic E-state index is 12.2.